The van der Waals surface area contributed by atoms with E-state index in [1.807, 2.05) is 37.3 Å². The Hall–Kier alpha value is -1.55. The molecule has 2 nitrogen and oxygen atoms in total. The van der Waals surface area contributed by atoms with Crippen molar-refractivity contribution in [2.24, 2.45) is 0 Å². The molecule has 0 aliphatic rings. The van der Waals surface area contributed by atoms with Gasteiger partial charge in [0.1, 0.15) is 11.5 Å². The third-order valence-electron chi connectivity index (χ3n) is 3.37. The molecule has 0 spiro atoms. The van der Waals surface area contributed by atoms with Crippen molar-refractivity contribution < 1.29 is 4.42 Å². The SMILES string of the molecule is Cc1c(Cl)cccc1-c1ccc(CNCc2cccs2)o1. The number of benzene rings is 1. The standard InChI is InChI=1S/C17H16ClNOS/c1-12-15(5-2-6-16(12)18)17-8-7-13(20-17)10-19-11-14-4-3-9-21-14/h2-9,19H,10-11H2,1H3. The molecule has 0 saturated heterocycles. The van der Waals surface area contributed by atoms with E-state index in [0.717, 1.165) is 40.8 Å². The molecule has 3 rings (SSSR count). The number of furan rings is 1. The number of hydrogen-bond donors (Lipinski definition) is 1. The van der Waals surface area contributed by atoms with Crippen LogP contribution in [0.1, 0.15) is 16.2 Å². The molecule has 0 aliphatic heterocycles. The third-order valence-corrected chi connectivity index (χ3v) is 4.66. The molecular formula is C17H16ClNOS. The van der Waals surface area contributed by atoms with Crippen LogP contribution in [0.5, 0.6) is 0 Å². The smallest absolute Gasteiger partial charge is 0.134 e. The van der Waals surface area contributed by atoms with Gasteiger partial charge in [-0.2, -0.15) is 0 Å². The van der Waals surface area contributed by atoms with Gasteiger partial charge in [0.15, 0.2) is 0 Å². The molecule has 2 heterocycles. The summed E-state index contributed by atoms with van der Waals surface area (Å²) in [6, 6.07) is 14.1. The fraction of sp³-hybridized carbons (Fsp3) is 0.176. The Morgan fingerprint density at radius 2 is 2.00 bits per heavy atom. The van der Waals surface area contributed by atoms with E-state index in [1.54, 1.807) is 11.3 Å². The van der Waals surface area contributed by atoms with Gasteiger partial charge in [0, 0.05) is 22.0 Å². The summed E-state index contributed by atoms with van der Waals surface area (Å²) in [5.41, 5.74) is 2.10. The van der Waals surface area contributed by atoms with Crippen molar-refractivity contribution >= 4 is 22.9 Å². The van der Waals surface area contributed by atoms with Crippen LogP contribution >= 0.6 is 22.9 Å². The number of rotatable bonds is 5. The molecule has 1 aromatic carbocycles. The van der Waals surface area contributed by atoms with Crippen LogP contribution in [0.25, 0.3) is 11.3 Å². The Bertz CT molecular complexity index is 718. The highest BCUT2D eigenvalue weighted by Crippen LogP contribution is 2.29. The first-order valence-corrected chi connectivity index (χ1v) is 8.07. The fourth-order valence-corrected chi connectivity index (χ4v) is 3.06. The number of thiophene rings is 1. The van der Waals surface area contributed by atoms with E-state index < -0.39 is 0 Å². The van der Waals surface area contributed by atoms with Crippen LogP contribution in [0.2, 0.25) is 5.02 Å². The van der Waals surface area contributed by atoms with Gasteiger partial charge in [0.2, 0.25) is 0 Å². The predicted molar refractivity (Wildman–Crippen MR) is 88.8 cm³/mol. The van der Waals surface area contributed by atoms with E-state index in [9.17, 15) is 0 Å². The lowest BCUT2D eigenvalue weighted by molar-refractivity contribution is 0.494. The average molecular weight is 318 g/mol. The molecule has 0 saturated carbocycles. The Morgan fingerprint density at radius 3 is 2.81 bits per heavy atom. The molecule has 108 valence electrons. The van der Waals surface area contributed by atoms with Crippen LogP contribution in [0.4, 0.5) is 0 Å². The zero-order chi connectivity index (χ0) is 14.7. The molecule has 0 aliphatic carbocycles. The molecular weight excluding hydrogens is 302 g/mol. The lowest BCUT2D eigenvalue weighted by atomic mass is 10.1. The van der Waals surface area contributed by atoms with Crippen LogP contribution in [0, 0.1) is 6.92 Å². The van der Waals surface area contributed by atoms with Crippen LogP contribution < -0.4 is 5.32 Å². The van der Waals surface area contributed by atoms with Gasteiger partial charge in [0.05, 0.1) is 6.54 Å². The molecule has 0 bridgehead atoms. The van der Waals surface area contributed by atoms with Crippen molar-refractivity contribution in [2.45, 2.75) is 20.0 Å². The number of hydrogen-bond acceptors (Lipinski definition) is 3. The molecule has 0 fully saturated rings. The molecule has 0 atom stereocenters. The lowest BCUT2D eigenvalue weighted by Crippen LogP contribution is -2.10. The second-order valence-electron chi connectivity index (χ2n) is 4.86. The topological polar surface area (TPSA) is 25.2 Å². The maximum absolute atomic E-state index is 6.16. The van der Waals surface area contributed by atoms with E-state index in [-0.39, 0.29) is 0 Å². The van der Waals surface area contributed by atoms with Gasteiger partial charge in [0.25, 0.3) is 0 Å². The zero-order valence-corrected chi connectivity index (χ0v) is 13.3. The van der Waals surface area contributed by atoms with Crippen LogP contribution in [-0.4, -0.2) is 0 Å². The second kappa shape index (κ2) is 6.48. The lowest BCUT2D eigenvalue weighted by Gasteiger charge is -2.04. The second-order valence-corrected chi connectivity index (χ2v) is 6.30. The number of nitrogens with one attached hydrogen (secondary N) is 1. The molecule has 1 N–H and O–H groups in total. The van der Waals surface area contributed by atoms with Crippen molar-refractivity contribution in [1.82, 2.24) is 5.32 Å². The summed E-state index contributed by atoms with van der Waals surface area (Å²) in [5, 5.41) is 6.24. The quantitative estimate of drug-likeness (QED) is 0.694. The Labute approximate surface area is 133 Å². The van der Waals surface area contributed by atoms with Crippen molar-refractivity contribution in [3.8, 4) is 11.3 Å². The summed E-state index contributed by atoms with van der Waals surface area (Å²) in [5.74, 6) is 1.80. The van der Waals surface area contributed by atoms with Gasteiger partial charge >= 0.3 is 0 Å². The molecule has 3 aromatic rings. The Kier molecular flexibility index (Phi) is 4.44. The van der Waals surface area contributed by atoms with Gasteiger partial charge in [-0.3, -0.25) is 0 Å². The Balaban J connectivity index is 1.67. The van der Waals surface area contributed by atoms with Crippen molar-refractivity contribution in [2.75, 3.05) is 0 Å². The molecule has 2 aromatic heterocycles. The maximum Gasteiger partial charge on any atom is 0.134 e. The van der Waals surface area contributed by atoms with Crippen LogP contribution in [-0.2, 0) is 13.1 Å². The monoisotopic (exact) mass is 317 g/mol. The van der Waals surface area contributed by atoms with Gasteiger partial charge in [-0.25, -0.2) is 0 Å². The molecule has 4 heteroatoms. The highest BCUT2D eigenvalue weighted by atomic mass is 35.5. The molecule has 21 heavy (non-hydrogen) atoms. The van der Waals surface area contributed by atoms with Gasteiger partial charge in [-0.05, 0) is 42.1 Å². The molecule has 0 unspecified atom stereocenters. The summed E-state index contributed by atoms with van der Waals surface area (Å²) in [4.78, 5) is 1.33. The molecule has 0 amide bonds. The highest BCUT2D eigenvalue weighted by molar-refractivity contribution is 7.09. The normalized spacial score (nSPS) is 11.0. The largest absolute Gasteiger partial charge is 0.460 e. The first kappa shape index (κ1) is 14.4. The van der Waals surface area contributed by atoms with E-state index in [0.29, 0.717) is 0 Å². The minimum atomic E-state index is 0.720. The average Bonchev–Trinajstić information content (AvgIpc) is 3.14. The van der Waals surface area contributed by atoms with Gasteiger partial charge in [-0.1, -0.05) is 29.8 Å². The van der Waals surface area contributed by atoms with E-state index in [4.69, 9.17) is 16.0 Å². The maximum atomic E-state index is 6.16. The van der Waals surface area contributed by atoms with E-state index >= 15 is 0 Å². The van der Waals surface area contributed by atoms with E-state index in [1.165, 1.54) is 4.88 Å². The summed E-state index contributed by atoms with van der Waals surface area (Å²) in [7, 11) is 0. The Morgan fingerprint density at radius 1 is 1.10 bits per heavy atom. The zero-order valence-electron chi connectivity index (χ0n) is 11.7. The van der Waals surface area contributed by atoms with Gasteiger partial charge < -0.3 is 9.73 Å². The van der Waals surface area contributed by atoms with Crippen molar-refractivity contribution in [3.05, 3.63) is 69.1 Å². The third kappa shape index (κ3) is 3.38. The van der Waals surface area contributed by atoms with Gasteiger partial charge in [-0.15, -0.1) is 11.3 Å². The summed E-state index contributed by atoms with van der Waals surface area (Å²) in [6.07, 6.45) is 0. The van der Waals surface area contributed by atoms with Crippen LogP contribution in [0.3, 0.4) is 0 Å². The summed E-state index contributed by atoms with van der Waals surface area (Å²) in [6.45, 7) is 3.59. The minimum absolute atomic E-state index is 0.720. The minimum Gasteiger partial charge on any atom is -0.460 e. The van der Waals surface area contributed by atoms with Crippen molar-refractivity contribution in [3.63, 3.8) is 0 Å². The summed E-state index contributed by atoms with van der Waals surface area (Å²) >= 11 is 7.91. The first-order valence-electron chi connectivity index (χ1n) is 6.81. The van der Waals surface area contributed by atoms with Crippen LogP contribution in [0.15, 0.2) is 52.3 Å². The van der Waals surface area contributed by atoms with E-state index in [2.05, 4.69) is 22.8 Å². The highest BCUT2D eigenvalue weighted by Gasteiger charge is 2.09. The number of halogens is 1. The predicted octanol–water partition coefficient (Wildman–Crippen LogP) is 5.26. The first-order chi connectivity index (χ1) is 10.2. The molecule has 0 radical (unpaired) electrons. The summed E-state index contributed by atoms with van der Waals surface area (Å²) < 4.78 is 5.91. The van der Waals surface area contributed by atoms with Crippen molar-refractivity contribution in [1.29, 1.82) is 0 Å². The fourth-order valence-electron chi connectivity index (χ4n) is 2.21.